The molecule has 0 unspecified atom stereocenters. The van der Waals surface area contributed by atoms with Crippen LogP contribution in [-0.4, -0.2) is 27.8 Å². The van der Waals surface area contributed by atoms with Crippen LogP contribution in [0.4, 0.5) is 10.5 Å². The van der Waals surface area contributed by atoms with E-state index in [-0.39, 0.29) is 5.69 Å². The predicted octanol–water partition coefficient (Wildman–Crippen LogP) is 3.86. The Morgan fingerprint density at radius 1 is 1.23 bits per heavy atom. The molecule has 2 N–H and O–H groups in total. The van der Waals surface area contributed by atoms with Crippen molar-refractivity contribution in [2.45, 2.75) is 26.4 Å². The van der Waals surface area contributed by atoms with Crippen LogP contribution in [0.25, 0.3) is 10.6 Å². The molecule has 7 heteroatoms. The molecule has 0 atom stereocenters. The van der Waals surface area contributed by atoms with Gasteiger partial charge in [-0.2, -0.15) is 0 Å². The van der Waals surface area contributed by atoms with E-state index in [0.717, 1.165) is 5.56 Å². The van der Waals surface area contributed by atoms with Gasteiger partial charge in [0, 0.05) is 16.6 Å². The summed E-state index contributed by atoms with van der Waals surface area (Å²) < 4.78 is 5.16. The number of carbonyl (C=O) groups excluding carboxylic acids is 1. The molecular formula is C15H16N2O4S. The van der Waals surface area contributed by atoms with Crippen LogP contribution in [0, 0.1) is 0 Å². The number of ether oxygens (including phenoxy) is 1. The number of aromatic nitrogens is 1. The van der Waals surface area contributed by atoms with Crippen LogP contribution in [0.15, 0.2) is 29.6 Å². The van der Waals surface area contributed by atoms with Crippen molar-refractivity contribution in [3.63, 3.8) is 0 Å². The number of anilines is 1. The van der Waals surface area contributed by atoms with Crippen LogP contribution in [0.2, 0.25) is 0 Å². The Labute approximate surface area is 131 Å². The standard InChI is InChI=1S/C15H16N2O4S/c1-15(2,3)21-14(20)16-10-6-4-9(5-7-10)12-17-11(8-22-12)13(18)19/h4-8H,1-3H3,(H,16,20)(H,18,19). The highest BCUT2D eigenvalue weighted by Crippen LogP contribution is 2.25. The smallest absolute Gasteiger partial charge is 0.412 e. The van der Waals surface area contributed by atoms with Gasteiger partial charge in [-0.1, -0.05) is 0 Å². The van der Waals surface area contributed by atoms with Crippen molar-refractivity contribution in [1.82, 2.24) is 4.98 Å². The zero-order valence-corrected chi connectivity index (χ0v) is 13.2. The first kappa shape index (κ1) is 16.0. The minimum absolute atomic E-state index is 0.0240. The monoisotopic (exact) mass is 320 g/mol. The first-order valence-electron chi connectivity index (χ1n) is 6.54. The molecule has 1 heterocycles. The van der Waals surface area contributed by atoms with Gasteiger partial charge in [-0.05, 0) is 45.0 Å². The first-order chi connectivity index (χ1) is 10.2. The van der Waals surface area contributed by atoms with Gasteiger partial charge in [-0.3, -0.25) is 5.32 Å². The summed E-state index contributed by atoms with van der Waals surface area (Å²) in [6.07, 6.45) is -0.525. The quantitative estimate of drug-likeness (QED) is 0.896. The van der Waals surface area contributed by atoms with E-state index in [1.807, 2.05) is 0 Å². The largest absolute Gasteiger partial charge is 0.476 e. The van der Waals surface area contributed by atoms with Gasteiger partial charge in [-0.15, -0.1) is 11.3 Å². The van der Waals surface area contributed by atoms with Gasteiger partial charge in [-0.25, -0.2) is 14.6 Å². The van der Waals surface area contributed by atoms with Gasteiger partial charge in [0.05, 0.1) is 0 Å². The van der Waals surface area contributed by atoms with Gasteiger partial charge in [0.1, 0.15) is 10.6 Å². The fourth-order valence-corrected chi connectivity index (χ4v) is 2.42. The fourth-order valence-electron chi connectivity index (χ4n) is 1.62. The lowest BCUT2D eigenvalue weighted by Crippen LogP contribution is -2.27. The summed E-state index contributed by atoms with van der Waals surface area (Å²) in [6.45, 7) is 5.37. The molecule has 0 aliphatic carbocycles. The van der Waals surface area contributed by atoms with Crippen LogP contribution in [0.3, 0.4) is 0 Å². The van der Waals surface area contributed by atoms with Gasteiger partial charge >= 0.3 is 12.1 Å². The lowest BCUT2D eigenvalue weighted by molar-refractivity contribution is 0.0634. The molecule has 0 fully saturated rings. The molecule has 116 valence electrons. The third-order valence-electron chi connectivity index (χ3n) is 2.50. The Morgan fingerprint density at radius 3 is 2.36 bits per heavy atom. The van der Waals surface area contributed by atoms with Crippen molar-refractivity contribution >= 4 is 29.1 Å². The summed E-state index contributed by atoms with van der Waals surface area (Å²) in [7, 11) is 0. The maximum absolute atomic E-state index is 11.7. The Bertz CT molecular complexity index is 686. The zero-order chi connectivity index (χ0) is 16.3. The number of nitrogens with zero attached hydrogens (tertiary/aromatic N) is 1. The Kier molecular flexibility index (Phi) is 4.46. The average Bonchev–Trinajstić information content (AvgIpc) is 2.87. The number of carbonyl (C=O) groups is 2. The number of hydrogen-bond acceptors (Lipinski definition) is 5. The van der Waals surface area contributed by atoms with E-state index in [4.69, 9.17) is 9.84 Å². The van der Waals surface area contributed by atoms with Gasteiger partial charge < -0.3 is 9.84 Å². The molecule has 0 saturated heterocycles. The molecular weight excluding hydrogens is 304 g/mol. The van der Waals surface area contributed by atoms with Gasteiger partial charge in [0.25, 0.3) is 0 Å². The number of nitrogens with one attached hydrogen (secondary N) is 1. The number of thiazole rings is 1. The molecule has 2 aromatic rings. The number of aromatic carboxylic acids is 1. The predicted molar refractivity (Wildman–Crippen MR) is 84.4 cm³/mol. The summed E-state index contributed by atoms with van der Waals surface area (Å²) in [5, 5.41) is 13.6. The maximum Gasteiger partial charge on any atom is 0.412 e. The Hall–Kier alpha value is -2.41. The van der Waals surface area contributed by atoms with Crippen LogP contribution >= 0.6 is 11.3 Å². The van der Waals surface area contributed by atoms with E-state index in [1.165, 1.54) is 16.7 Å². The Morgan fingerprint density at radius 2 is 1.86 bits per heavy atom. The number of rotatable bonds is 3. The number of amides is 1. The molecule has 0 saturated carbocycles. The molecule has 2 rings (SSSR count). The molecule has 6 nitrogen and oxygen atoms in total. The Balaban J connectivity index is 2.06. The molecule has 0 bridgehead atoms. The highest BCUT2D eigenvalue weighted by atomic mass is 32.1. The van der Waals surface area contributed by atoms with Crippen LogP contribution < -0.4 is 5.32 Å². The van der Waals surface area contributed by atoms with E-state index in [1.54, 1.807) is 45.0 Å². The normalized spacial score (nSPS) is 11.0. The van der Waals surface area contributed by atoms with Crippen molar-refractivity contribution in [2.24, 2.45) is 0 Å². The molecule has 1 aromatic heterocycles. The van der Waals surface area contributed by atoms with E-state index in [0.29, 0.717) is 10.7 Å². The van der Waals surface area contributed by atoms with Crippen LogP contribution in [-0.2, 0) is 4.74 Å². The summed E-state index contributed by atoms with van der Waals surface area (Å²) in [5.41, 5.74) is 0.842. The zero-order valence-electron chi connectivity index (χ0n) is 12.4. The lowest BCUT2D eigenvalue weighted by Gasteiger charge is -2.19. The lowest BCUT2D eigenvalue weighted by atomic mass is 10.2. The van der Waals surface area contributed by atoms with E-state index in [2.05, 4.69) is 10.3 Å². The molecule has 1 aromatic carbocycles. The van der Waals surface area contributed by atoms with E-state index in [9.17, 15) is 9.59 Å². The average molecular weight is 320 g/mol. The first-order valence-corrected chi connectivity index (χ1v) is 7.42. The highest BCUT2D eigenvalue weighted by Gasteiger charge is 2.16. The fraction of sp³-hybridized carbons (Fsp3) is 0.267. The van der Waals surface area contributed by atoms with E-state index < -0.39 is 17.7 Å². The topological polar surface area (TPSA) is 88.5 Å². The summed E-state index contributed by atoms with van der Waals surface area (Å²) in [6, 6.07) is 6.94. The molecule has 1 amide bonds. The third-order valence-corrected chi connectivity index (χ3v) is 3.39. The van der Waals surface area contributed by atoms with Crippen LogP contribution in [0.5, 0.6) is 0 Å². The number of benzene rings is 1. The number of hydrogen-bond donors (Lipinski definition) is 2. The second-order valence-corrected chi connectivity index (χ2v) is 6.41. The van der Waals surface area contributed by atoms with E-state index >= 15 is 0 Å². The summed E-state index contributed by atoms with van der Waals surface area (Å²) >= 11 is 1.25. The third kappa shape index (κ3) is 4.29. The van der Waals surface area contributed by atoms with Crippen molar-refractivity contribution in [1.29, 1.82) is 0 Å². The van der Waals surface area contributed by atoms with Crippen LogP contribution in [0.1, 0.15) is 31.3 Å². The number of carboxylic acids is 1. The summed E-state index contributed by atoms with van der Waals surface area (Å²) in [4.78, 5) is 26.5. The summed E-state index contributed by atoms with van der Waals surface area (Å²) in [5.74, 6) is -1.05. The molecule has 0 radical (unpaired) electrons. The van der Waals surface area contributed by atoms with Gasteiger partial charge in [0.15, 0.2) is 5.69 Å². The van der Waals surface area contributed by atoms with Gasteiger partial charge in [0.2, 0.25) is 0 Å². The molecule has 0 aliphatic rings. The van der Waals surface area contributed by atoms with Crippen molar-refractivity contribution in [3.8, 4) is 10.6 Å². The minimum atomic E-state index is -1.05. The highest BCUT2D eigenvalue weighted by molar-refractivity contribution is 7.13. The second-order valence-electron chi connectivity index (χ2n) is 5.55. The second kappa shape index (κ2) is 6.15. The molecule has 22 heavy (non-hydrogen) atoms. The van der Waals surface area contributed by atoms with Crippen molar-refractivity contribution < 1.29 is 19.4 Å². The SMILES string of the molecule is CC(C)(C)OC(=O)Nc1ccc(-c2nc(C(=O)O)cs2)cc1. The molecule has 0 spiro atoms. The van der Waals surface area contributed by atoms with Crippen molar-refractivity contribution in [2.75, 3.05) is 5.32 Å². The molecule has 0 aliphatic heterocycles. The minimum Gasteiger partial charge on any atom is -0.476 e. The number of carboxylic acid groups (broad SMARTS) is 1. The maximum atomic E-state index is 11.7. The van der Waals surface area contributed by atoms with Crippen molar-refractivity contribution in [3.05, 3.63) is 35.3 Å².